The molecule has 3 aromatic rings. The van der Waals surface area contributed by atoms with Gasteiger partial charge in [0, 0.05) is 25.0 Å². The van der Waals surface area contributed by atoms with Gasteiger partial charge >= 0.3 is 0 Å². The molecule has 1 aliphatic rings. The van der Waals surface area contributed by atoms with Crippen LogP contribution in [0.15, 0.2) is 77.7 Å². The number of nitrogens with zero attached hydrogens (tertiary/aromatic N) is 2. The summed E-state index contributed by atoms with van der Waals surface area (Å²) in [5.74, 6) is 0.981. The number of hydrogen-bond donors (Lipinski definition) is 1. The van der Waals surface area contributed by atoms with Crippen molar-refractivity contribution in [3.05, 3.63) is 90.1 Å². The summed E-state index contributed by atoms with van der Waals surface area (Å²) in [6, 6.07) is 19.3. The van der Waals surface area contributed by atoms with Crippen LogP contribution in [0.5, 0.6) is 0 Å². The SMILES string of the molecule is c1ccc(C(NC2CCN(Cc3cccnc3)CC2)c2ccco2)cc1. The molecule has 4 nitrogen and oxygen atoms in total. The van der Waals surface area contributed by atoms with Gasteiger partial charge in [-0.25, -0.2) is 0 Å². The summed E-state index contributed by atoms with van der Waals surface area (Å²) in [6.45, 7) is 3.19. The number of hydrogen-bond acceptors (Lipinski definition) is 4. The molecule has 1 N–H and O–H groups in total. The Labute approximate surface area is 154 Å². The van der Waals surface area contributed by atoms with Crippen molar-refractivity contribution < 1.29 is 4.42 Å². The Hall–Kier alpha value is -2.43. The fraction of sp³-hybridized carbons (Fsp3) is 0.318. The number of piperidine rings is 1. The van der Waals surface area contributed by atoms with Gasteiger partial charge in [0.2, 0.25) is 0 Å². The molecule has 2 aromatic heterocycles. The van der Waals surface area contributed by atoms with E-state index in [0.717, 1.165) is 38.2 Å². The quantitative estimate of drug-likeness (QED) is 0.731. The Morgan fingerprint density at radius 1 is 1.04 bits per heavy atom. The van der Waals surface area contributed by atoms with Crippen molar-refractivity contribution in [1.82, 2.24) is 15.2 Å². The lowest BCUT2D eigenvalue weighted by molar-refractivity contribution is 0.184. The lowest BCUT2D eigenvalue weighted by atomic mass is 9.99. The van der Waals surface area contributed by atoms with Crippen molar-refractivity contribution in [1.29, 1.82) is 0 Å². The smallest absolute Gasteiger partial charge is 0.125 e. The van der Waals surface area contributed by atoms with Crippen LogP contribution in [0.2, 0.25) is 0 Å². The van der Waals surface area contributed by atoms with Crippen LogP contribution in [0.1, 0.15) is 35.8 Å². The summed E-state index contributed by atoms with van der Waals surface area (Å²) < 4.78 is 5.71. The van der Waals surface area contributed by atoms with Crippen LogP contribution in [-0.2, 0) is 6.54 Å². The Bertz CT molecular complexity index is 766. The van der Waals surface area contributed by atoms with Crippen molar-refractivity contribution in [2.75, 3.05) is 13.1 Å². The van der Waals surface area contributed by atoms with E-state index in [1.807, 2.05) is 24.5 Å². The minimum Gasteiger partial charge on any atom is -0.467 e. The molecule has 3 heterocycles. The van der Waals surface area contributed by atoms with Crippen molar-refractivity contribution in [3.63, 3.8) is 0 Å². The van der Waals surface area contributed by atoms with E-state index >= 15 is 0 Å². The Kier molecular flexibility index (Phi) is 5.43. The zero-order chi connectivity index (χ0) is 17.6. The third-order valence-electron chi connectivity index (χ3n) is 5.08. The standard InChI is InChI=1S/C22H25N3O/c1-2-7-19(8-3-1)22(21-9-5-15-26-21)24-20-10-13-25(14-11-20)17-18-6-4-12-23-16-18/h1-9,12,15-16,20,22,24H,10-11,13-14,17H2. The van der Waals surface area contributed by atoms with Gasteiger partial charge in [0.05, 0.1) is 12.3 Å². The highest BCUT2D eigenvalue weighted by atomic mass is 16.3. The number of likely N-dealkylation sites (tertiary alicyclic amines) is 1. The highest BCUT2D eigenvalue weighted by Gasteiger charge is 2.24. The molecular formula is C22H25N3O. The first-order valence-electron chi connectivity index (χ1n) is 9.34. The molecular weight excluding hydrogens is 322 g/mol. The van der Waals surface area contributed by atoms with Gasteiger partial charge in [-0.1, -0.05) is 36.4 Å². The van der Waals surface area contributed by atoms with E-state index in [-0.39, 0.29) is 6.04 Å². The zero-order valence-electron chi connectivity index (χ0n) is 14.9. The average Bonchev–Trinajstić information content (AvgIpc) is 3.23. The predicted octanol–water partition coefficient (Wildman–Crippen LogP) is 4.02. The highest BCUT2D eigenvalue weighted by Crippen LogP contribution is 2.25. The van der Waals surface area contributed by atoms with Crippen LogP contribution in [-0.4, -0.2) is 29.0 Å². The fourth-order valence-corrected chi connectivity index (χ4v) is 3.69. The fourth-order valence-electron chi connectivity index (χ4n) is 3.69. The predicted molar refractivity (Wildman–Crippen MR) is 103 cm³/mol. The van der Waals surface area contributed by atoms with Crippen molar-refractivity contribution in [3.8, 4) is 0 Å². The molecule has 0 aliphatic carbocycles. The van der Waals surface area contributed by atoms with Gasteiger partial charge < -0.3 is 9.73 Å². The molecule has 1 fully saturated rings. The van der Waals surface area contributed by atoms with E-state index in [0.29, 0.717) is 6.04 Å². The first-order chi connectivity index (χ1) is 12.9. The second-order valence-corrected chi connectivity index (χ2v) is 6.94. The molecule has 4 heteroatoms. The van der Waals surface area contributed by atoms with Crippen LogP contribution in [0, 0.1) is 0 Å². The zero-order valence-corrected chi connectivity index (χ0v) is 14.9. The number of rotatable bonds is 6. The summed E-state index contributed by atoms with van der Waals surface area (Å²) in [5.41, 5.74) is 2.54. The monoisotopic (exact) mass is 347 g/mol. The minimum atomic E-state index is 0.112. The number of benzene rings is 1. The van der Waals surface area contributed by atoms with E-state index in [1.165, 1.54) is 11.1 Å². The van der Waals surface area contributed by atoms with Crippen LogP contribution < -0.4 is 5.32 Å². The van der Waals surface area contributed by atoms with Gasteiger partial charge in [0.15, 0.2) is 0 Å². The van der Waals surface area contributed by atoms with Gasteiger partial charge in [0.1, 0.15) is 5.76 Å². The maximum atomic E-state index is 5.71. The molecule has 0 bridgehead atoms. The van der Waals surface area contributed by atoms with Crippen LogP contribution in [0.4, 0.5) is 0 Å². The number of furan rings is 1. The van der Waals surface area contributed by atoms with Gasteiger partial charge in [-0.2, -0.15) is 0 Å². The summed E-state index contributed by atoms with van der Waals surface area (Å²) in [6.07, 6.45) is 7.84. The van der Waals surface area contributed by atoms with E-state index in [9.17, 15) is 0 Å². The van der Waals surface area contributed by atoms with E-state index in [1.54, 1.807) is 6.26 Å². The third-order valence-corrected chi connectivity index (χ3v) is 5.08. The first kappa shape index (κ1) is 17.0. The average molecular weight is 347 g/mol. The topological polar surface area (TPSA) is 41.3 Å². The van der Waals surface area contributed by atoms with Gasteiger partial charge in [-0.05, 0) is 55.3 Å². The molecule has 1 aliphatic heterocycles. The van der Waals surface area contributed by atoms with Gasteiger partial charge in [-0.3, -0.25) is 9.88 Å². The molecule has 1 unspecified atom stereocenters. The summed E-state index contributed by atoms with van der Waals surface area (Å²) in [5, 5.41) is 3.83. The normalized spacial score (nSPS) is 17.2. The lowest BCUT2D eigenvalue weighted by Gasteiger charge is -2.34. The molecule has 26 heavy (non-hydrogen) atoms. The molecule has 0 saturated carbocycles. The number of aromatic nitrogens is 1. The van der Waals surface area contributed by atoms with Crippen molar-refractivity contribution >= 4 is 0 Å². The second kappa shape index (κ2) is 8.30. The van der Waals surface area contributed by atoms with E-state index in [2.05, 4.69) is 57.7 Å². The van der Waals surface area contributed by atoms with E-state index in [4.69, 9.17) is 4.42 Å². The van der Waals surface area contributed by atoms with Gasteiger partial charge in [-0.15, -0.1) is 0 Å². The maximum Gasteiger partial charge on any atom is 0.125 e. The highest BCUT2D eigenvalue weighted by molar-refractivity contribution is 5.26. The number of pyridine rings is 1. The molecule has 1 aromatic carbocycles. The molecule has 0 spiro atoms. The van der Waals surface area contributed by atoms with Crippen molar-refractivity contribution in [2.45, 2.75) is 31.5 Å². The number of nitrogens with one attached hydrogen (secondary N) is 1. The molecule has 0 radical (unpaired) electrons. The Balaban J connectivity index is 1.37. The summed E-state index contributed by atoms with van der Waals surface area (Å²) in [7, 11) is 0. The molecule has 1 saturated heterocycles. The summed E-state index contributed by atoms with van der Waals surface area (Å²) >= 11 is 0. The Morgan fingerprint density at radius 2 is 1.88 bits per heavy atom. The van der Waals surface area contributed by atoms with Crippen LogP contribution in [0.25, 0.3) is 0 Å². The third kappa shape index (κ3) is 4.21. The van der Waals surface area contributed by atoms with Crippen LogP contribution in [0.3, 0.4) is 0 Å². The largest absolute Gasteiger partial charge is 0.467 e. The minimum absolute atomic E-state index is 0.112. The first-order valence-corrected chi connectivity index (χ1v) is 9.34. The van der Waals surface area contributed by atoms with Crippen LogP contribution >= 0.6 is 0 Å². The molecule has 134 valence electrons. The second-order valence-electron chi connectivity index (χ2n) is 6.94. The maximum absolute atomic E-state index is 5.71. The van der Waals surface area contributed by atoms with Crippen molar-refractivity contribution in [2.24, 2.45) is 0 Å². The Morgan fingerprint density at radius 3 is 2.58 bits per heavy atom. The lowest BCUT2D eigenvalue weighted by Crippen LogP contribution is -2.43. The molecule has 4 rings (SSSR count). The molecule has 1 atom stereocenters. The van der Waals surface area contributed by atoms with Gasteiger partial charge in [0.25, 0.3) is 0 Å². The molecule has 0 amide bonds. The van der Waals surface area contributed by atoms with E-state index < -0.39 is 0 Å². The summed E-state index contributed by atoms with van der Waals surface area (Å²) in [4.78, 5) is 6.73.